The molecule has 0 aromatic heterocycles. The van der Waals surface area contributed by atoms with Gasteiger partial charge < -0.3 is 64.2 Å². The first-order valence-corrected chi connectivity index (χ1v) is 27.6. The van der Waals surface area contributed by atoms with Gasteiger partial charge in [-0.3, -0.25) is 9.59 Å². The van der Waals surface area contributed by atoms with Crippen molar-refractivity contribution in [2.24, 2.45) is 0 Å². The van der Waals surface area contributed by atoms with E-state index >= 15 is 0 Å². The average molecular weight is 977 g/mol. The fourth-order valence-corrected chi connectivity index (χ4v) is 9.04. The largest absolute Gasteiger partial charge is 0.462 e. The van der Waals surface area contributed by atoms with Crippen molar-refractivity contribution in [3.8, 4) is 0 Å². The van der Waals surface area contributed by atoms with E-state index in [2.05, 4.69) is 13.8 Å². The molecule has 2 fully saturated rings. The molecular weight excluding hydrogens is 877 g/mol. The third-order valence-corrected chi connectivity index (χ3v) is 13.6. The smallest absolute Gasteiger partial charge is 0.306 e. The molecule has 11 atom stereocenters. The molecule has 15 nitrogen and oxygen atoms in total. The van der Waals surface area contributed by atoms with E-state index in [-0.39, 0.29) is 26.1 Å². The second-order valence-electron chi connectivity index (χ2n) is 19.8. The minimum absolute atomic E-state index is 0.174. The Kier molecular flexibility index (Phi) is 37.8. The number of hydrogen-bond donors (Lipinski definition) is 7. The Morgan fingerprint density at radius 2 is 0.750 bits per heavy atom. The molecule has 0 amide bonds. The van der Waals surface area contributed by atoms with Crippen LogP contribution in [0.3, 0.4) is 0 Å². The van der Waals surface area contributed by atoms with Crippen LogP contribution in [0.1, 0.15) is 232 Å². The van der Waals surface area contributed by atoms with Gasteiger partial charge in [-0.25, -0.2) is 0 Å². The summed E-state index contributed by atoms with van der Waals surface area (Å²) in [5.74, 6) is -0.907. The normalized spacial score (nSPS) is 25.7. The number of aliphatic hydroxyl groups is 7. The summed E-state index contributed by atoms with van der Waals surface area (Å²) >= 11 is 0. The summed E-state index contributed by atoms with van der Waals surface area (Å²) in [6.45, 7) is 2.64. The fourth-order valence-electron chi connectivity index (χ4n) is 9.04. The van der Waals surface area contributed by atoms with Crippen LogP contribution in [0.2, 0.25) is 0 Å². The number of esters is 2. The molecule has 0 bridgehead atoms. The molecule has 7 N–H and O–H groups in total. The fraction of sp³-hybridized carbons (Fsp3) is 0.962. The maximum atomic E-state index is 13.0. The predicted octanol–water partition coefficient (Wildman–Crippen LogP) is 8.39. The van der Waals surface area contributed by atoms with E-state index in [1.807, 2.05) is 0 Å². The third kappa shape index (κ3) is 28.5. The third-order valence-electron chi connectivity index (χ3n) is 13.6. The van der Waals surface area contributed by atoms with Gasteiger partial charge in [0.05, 0.1) is 19.8 Å². The van der Waals surface area contributed by atoms with E-state index in [1.54, 1.807) is 0 Å². The number of carbonyl (C=O) groups is 2. The molecule has 4 unspecified atom stereocenters. The number of aliphatic hydroxyl groups excluding tert-OH is 7. The van der Waals surface area contributed by atoms with Crippen LogP contribution >= 0.6 is 0 Å². The lowest BCUT2D eigenvalue weighted by atomic mass is 9.98. The first-order valence-electron chi connectivity index (χ1n) is 27.6. The second kappa shape index (κ2) is 41.0. The summed E-state index contributed by atoms with van der Waals surface area (Å²) in [6, 6.07) is 0. The summed E-state index contributed by atoms with van der Waals surface area (Å²) in [5, 5.41) is 72.1. The highest BCUT2D eigenvalue weighted by atomic mass is 16.7. The quantitative estimate of drug-likeness (QED) is 0.0225. The van der Waals surface area contributed by atoms with Gasteiger partial charge in [-0.2, -0.15) is 0 Å². The van der Waals surface area contributed by atoms with Crippen LogP contribution in [-0.4, -0.2) is 142 Å². The zero-order valence-electron chi connectivity index (χ0n) is 42.6. The Bertz CT molecular complexity index is 1190. The van der Waals surface area contributed by atoms with Crippen LogP contribution in [0.15, 0.2) is 0 Å². The van der Waals surface area contributed by atoms with Gasteiger partial charge in [0, 0.05) is 12.8 Å². The number of unbranched alkanes of at least 4 members (excludes halogenated alkanes) is 30. The molecule has 2 heterocycles. The molecule has 2 aliphatic heterocycles. The van der Waals surface area contributed by atoms with Crippen LogP contribution in [0, 0.1) is 0 Å². The zero-order chi connectivity index (χ0) is 49.6. The molecule has 2 saturated heterocycles. The second-order valence-corrected chi connectivity index (χ2v) is 19.8. The highest BCUT2D eigenvalue weighted by molar-refractivity contribution is 5.70. The lowest BCUT2D eigenvalue weighted by Crippen LogP contribution is -2.61. The van der Waals surface area contributed by atoms with Crippen molar-refractivity contribution < 1.29 is 73.8 Å². The Hall–Kier alpha value is -1.50. The minimum Gasteiger partial charge on any atom is -0.462 e. The van der Waals surface area contributed by atoms with Crippen molar-refractivity contribution in [1.29, 1.82) is 0 Å². The van der Waals surface area contributed by atoms with Gasteiger partial charge in [-0.05, 0) is 12.8 Å². The molecular formula is C53H100O15. The number of carbonyl (C=O) groups excluding carboxylic acids is 2. The van der Waals surface area contributed by atoms with Crippen LogP contribution in [0.25, 0.3) is 0 Å². The summed E-state index contributed by atoms with van der Waals surface area (Å²) in [4.78, 5) is 25.8. The van der Waals surface area contributed by atoms with Gasteiger partial charge in [0.25, 0.3) is 0 Å². The molecule has 15 heteroatoms. The molecule has 2 rings (SSSR count). The molecule has 0 radical (unpaired) electrons. The molecule has 402 valence electrons. The van der Waals surface area contributed by atoms with Gasteiger partial charge >= 0.3 is 11.9 Å². The Morgan fingerprint density at radius 1 is 0.412 bits per heavy atom. The van der Waals surface area contributed by atoms with E-state index in [1.165, 1.54) is 154 Å². The lowest BCUT2D eigenvalue weighted by molar-refractivity contribution is -0.332. The van der Waals surface area contributed by atoms with Crippen molar-refractivity contribution in [3.63, 3.8) is 0 Å². The standard InChI is InChI=1S/C53H100O15/c1-3-5-7-9-11-13-15-17-18-19-20-21-22-24-26-28-30-32-34-36-45(56)66-41(38-63-44(55)35-33-31-29-27-25-23-16-14-12-10-8-6-4-2)39-64-52-51(62)49(60)47(58)43(68-52)40-65-53-50(61)48(59)46(57)42(37-54)67-53/h41-43,46-54,57-62H,3-40H2,1-2H3/t41-,42+,43+,46-,47-,48?,49?,50?,51?,52+,53+/m1/s1. The molecule has 0 aromatic carbocycles. The average Bonchev–Trinajstić information content (AvgIpc) is 3.33. The molecule has 0 spiro atoms. The van der Waals surface area contributed by atoms with Gasteiger partial charge in [-0.1, -0.05) is 206 Å². The van der Waals surface area contributed by atoms with Gasteiger partial charge in [-0.15, -0.1) is 0 Å². The summed E-state index contributed by atoms with van der Waals surface area (Å²) in [6.07, 6.45) is 22.7. The van der Waals surface area contributed by atoms with Crippen LogP contribution in [-0.2, 0) is 38.0 Å². The predicted molar refractivity (Wildman–Crippen MR) is 262 cm³/mol. The van der Waals surface area contributed by atoms with E-state index in [0.717, 1.165) is 38.5 Å². The summed E-state index contributed by atoms with van der Waals surface area (Å²) in [7, 11) is 0. The first-order chi connectivity index (χ1) is 33.0. The first kappa shape index (κ1) is 62.6. The SMILES string of the molecule is CCCCCCCCCCCCCCCCCCCCCC(=O)O[C@H](COC(=O)CCCCCCCCCCCCCCC)CO[C@H]1O[C@@H](CO[C@H]2O[C@@H](CO)[C@@H](O)C(O)C2O)[C@@H](O)C(O)C1O. The van der Waals surface area contributed by atoms with Crippen LogP contribution in [0.4, 0.5) is 0 Å². The molecule has 68 heavy (non-hydrogen) atoms. The van der Waals surface area contributed by atoms with E-state index in [9.17, 15) is 45.3 Å². The molecule has 0 aromatic rings. The van der Waals surface area contributed by atoms with Gasteiger partial charge in [0.15, 0.2) is 18.7 Å². The monoisotopic (exact) mass is 977 g/mol. The zero-order valence-corrected chi connectivity index (χ0v) is 42.6. The maximum absolute atomic E-state index is 13.0. The van der Waals surface area contributed by atoms with E-state index in [4.69, 9.17) is 28.4 Å². The Balaban J connectivity index is 1.76. The van der Waals surface area contributed by atoms with Gasteiger partial charge in [0.2, 0.25) is 0 Å². The number of rotatable bonds is 44. The summed E-state index contributed by atoms with van der Waals surface area (Å²) < 4.78 is 33.6. The number of ether oxygens (including phenoxy) is 6. The summed E-state index contributed by atoms with van der Waals surface area (Å²) in [5.41, 5.74) is 0. The highest BCUT2D eigenvalue weighted by Gasteiger charge is 2.47. The van der Waals surface area contributed by atoms with Crippen LogP contribution < -0.4 is 0 Å². The molecule has 0 saturated carbocycles. The molecule has 2 aliphatic rings. The van der Waals surface area contributed by atoms with Crippen molar-refractivity contribution in [2.75, 3.05) is 26.4 Å². The van der Waals surface area contributed by atoms with Crippen molar-refractivity contribution >= 4 is 11.9 Å². The Labute approximate surface area is 410 Å². The topological polar surface area (TPSA) is 231 Å². The van der Waals surface area contributed by atoms with Gasteiger partial charge in [0.1, 0.15) is 55.4 Å². The number of hydrogen-bond acceptors (Lipinski definition) is 15. The minimum atomic E-state index is -1.76. The van der Waals surface area contributed by atoms with E-state index < -0.39 is 92.7 Å². The molecule has 0 aliphatic carbocycles. The maximum Gasteiger partial charge on any atom is 0.306 e. The van der Waals surface area contributed by atoms with Crippen molar-refractivity contribution in [2.45, 2.75) is 300 Å². The van der Waals surface area contributed by atoms with E-state index in [0.29, 0.717) is 12.8 Å². The Morgan fingerprint density at radius 3 is 1.15 bits per heavy atom. The highest BCUT2D eigenvalue weighted by Crippen LogP contribution is 2.27. The lowest BCUT2D eigenvalue weighted by Gasteiger charge is -2.42. The van der Waals surface area contributed by atoms with Crippen LogP contribution in [0.5, 0.6) is 0 Å². The van der Waals surface area contributed by atoms with Crippen molar-refractivity contribution in [1.82, 2.24) is 0 Å². The van der Waals surface area contributed by atoms with Crippen molar-refractivity contribution in [3.05, 3.63) is 0 Å².